The van der Waals surface area contributed by atoms with Gasteiger partial charge in [0.15, 0.2) is 6.10 Å². The Hall–Kier alpha value is -1.30. The van der Waals surface area contributed by atoms with Crippen LogP contribution in [0.15, 0.2) is 0 Å². The van der Waals surface area contributed by atoms with E-state index in [1.54, 1.807) is 0 Å². The van der Waals surface area contributed by atoms with E-state index < -0.39 is 18.1 Å². The fourth-order valence-electron chi connectivity index (χ4n) is 0.662. The van der Waals surface area contributed by atoms with Gasteiger partial charge in [0, 0.05) is 20.1 Å². The SMILES string of the molecule is CNC(=O)C(CCO)OC(N)=O. The van der Waals surface area contributed by atoms with E-state index in [1.165, 1.54) is 7.05 Å². The molecule has 1 unspecified atom stereocenters. The molecule has 0 fully saturated rings. The quantitative estimate of drug-likeness (QED) is 0.489. The highest BCUT2D eigenvalue weighted by Gasteiger charge is 2.19. The van der Waals surface area contributed by atoms with Crippen LogP contribution >= 0.6 is 0 Å². The largest absolute Gasteiger partial charge is 0.436 e. The van der Waals surface area contributed by atoms with Gasteiger partial charge in [0.1, 0.15) is 0 Å². The highest BCUT2D eigenvalue weighted by Crippen LogP contribution is 1.97. The molecule has 0 aromatic carbocycles. The van der Waals surface area contributed by atoms with Gasteiger partial charge in [-0.15, -0.1) is 0 Å². The lowest BCUT2D eigenvalue weighted by molar-refractivity contribution is -0.129. The van der Waals surface area contributed by atoms with Gasteiger partial charge in [-0.1, -0.05) is 0 Å². The van der Waals surface area contributed by atoms with Crippen LogP contribution in [0.25, 0.3) is 0 Å². The number of likely N-dealkylation sites (N-methyl/N-ethyl adjacent to an activating group) is 1. The number of aliphatic hydroxyl groups is 1. The summed E-state index contributed by atoms with van der Waals surface area (Å²) in [6.07, 6.45) is -1.99. The maximum absolute atomic E-state index is 10.9. The van der Waals surface area contributed by atoms with Gasteiger partial charge in [0.05, 0.1) is 0 Å². The van der Waals surface area contributed by atoms with Crippen molar-refractivity contribution >= 4 is 12.0 Å². The lowest BCUT2D eigenvalue weighted by atomic mass is 10.2. The number of ether oxygens (including phenoxy) is 1. The maximum atomic E-state index is 10.9. The molecule has 1 atom stereocenters. The lowest BCUT2D eigenvalue weighted by Gasteiger charge is -2.12. The van der Waals surface area contributed by atoms with Crippen molar-refractivity contribution < 1.29 is 19.4 Å². The molecule has 0 radical (unpaired) electrons. The van der Waals surface area contributed by atoms with Gasteiger partial charge in [-0.2, -0.15) is 0 Å². The molecule has 6 heteroatoms. The zero-order valence-corrected chi connectivity index (χ0v) is 6.74. The monoisotopic (exact) mass is 176 g/mol. The van der Waals surface area contributed by atoms with Crippen LogP contribution < -0.4 is 11.1 Å². The van der Waals surface area contributed by atoms with Crippen molar-refractivity contribution in [2.24, 2.45) is 5.73 Å². The van der Waals surface area contributed by atoms with E-state index in [1.807, 2.05) is 0 Å². The summed E-state index contributed by atoms with van der Waals surface area (Å²) in [5.74, 6) is -0.483. The molecule has 2 amide bonds. The van der Waals surface area contributed by atoms with Crippen LogP contribution in [-0.4, -0.2) is 36.9 Å². The first-order valence-electron chi connectivity index (χ1n) is 3.40. The fraction of sp³-hybridized carbons (Fsp3) is 0.667. The van der Waals surface area contributed by atoms with Crippen LogP contribution in [0.2, 0.25) is 0 Å². The van der Waals surface area contributed by atoms with Gasteiger partial charge >= 0.3 is 6.09 Å². The highest BCUT2D eigenvalue weighted by atomic mass is 16.6. The van der Waals surface area contributed by atoms with E-state index in [-0.39, 0.29) is 13.0 Å². The number of hydrogen-bond acceptors (Lipinski definition) is 4. The average Bonchev–Trinajstić information content (AvgIpc) is 2.01. The van der Waals surface area contributed by atoms with Crippen LogP contribution in [-0.2, 0) is 9.53 Å². The Kier molecular flexibility index (Phi) is 4.78. The second-order valence-corrected chi connectivity index (χ2v) is 2.05. The van der Waals surface area contributed by atoms with Crippen LogP contribution in [0.1, 0.15) is 6.42 Å². The number of amides is 2. The van der Waals surface area contributed by atoms with Crippen molar-refractivity contribution in [1.29, 1.82) is 0 Å². The molecule has 12 heavy (non-hydrogen) atoms. The minimum absolute atomic E-state index is 0.0443. The highest BCUT2D eigenvalue weighted by molar-refractivity contribution is 5.82. The van der Waals surface area contributed by atoms with E-state index in [0.29, 0.717) is 0 Å². The molecular formula is C6H12N2O4. The summed E-state index contributed by atoms with van der Waals surface area (Å²) in [7, 11) is 1.40. The number of carbonyl (C=O) groups excluding carboxylic acids is 2. The first kappa shape index (κ1) is 10.7. The van der Waals surface area contributed by atoms with Crippen molar-refractivity contribution in [3.05, 3.63) is 0 Å². The second-order valence-electron chi connectivity index (χ2n) is 2.05. The zero-order chi connectivity index (χ0) is 9.56. The molecule has 0 rings (SSSR count). The Labute approximate surface area is 69.7 Å². The van der Waals surface area contributed by atoms with Crippen molar-refractivity contribution in [3.63, 3.8) is 0 Å². The Morgan fingerprint density at radius 2 is 2.25 bits per heavy atom. The van der Waals surface area contributed by atoms with Gasteiger partial charge in [-0.05, 0) is 0 Å². The molecular weight excluding hydrogens is 164 g/mol. The average molecular weight is 176 g/mol. The molecule has 6 nitrogen and oxygen atoms in total. The zero-order valence-electron chi connectivity index (χ0n) is 6.74. The molecule has 0 heterocycles. The Balaban J connectivity index is 4.02. The minimum Gasteiger partial charge on any atom is -0.436 e. The Bertz CT molecular complexity index is 171. The van der Waals surface area contributed by atoms with Crippen LogP contribution in [0.5, 0.6) is 0 Å². The summed E-state index contributed by atoms with van der Waals surface area (Å²) in [6.45, 7) is -0.245. The summed E-state index contributed by atoms with van der Waals surface area (Å²) in [4.78, 5) is 21.1. The third kappa shape index (κ3) is 3.77. The number of rotatable bonds is 4. The third-order valence-corrected chi connectivity index (χ3v) is 1.19. The maximum Gasteiger partial charge on any atom is 0.405 e. The van der Waals surface area contributed by atoms with Gasteiger partial charge in [0.25, 0.3) is 5.91 Å². The number of primary amides is 1. The van der Waals surface area contributed by atoms with Gasteiger partial charge in [0.2, 0.25) is 0 Å². The summed E-state index contributed by atoms with van der Waals surface area (Å²) in [6, 6.07) is 0. The number of carbonyl (C=O) groups is 2. The smallest absolute Gasteiger partial charge is 0.405 e. The summed E-state index contributed by atoms with van der Waals surface area (Å²) >= 11 is 0. The van der Waals surface area contributed by atoms with Crippen LogP contribution in [0.4, 0.5) is 4.79 Å². The summed E-state index contributed by atoms with van der Waals surface area (Å²) < 4.78 is 4.41. The minimum atomic E-state index is -1.03. The molecule has 4 N–H and O–H groups in total. The van der Waals surface area contributed by atoms with E-state index in [2.05, 4.69) is 10.1 Å². The molecule has 0 aromatic rings. The fourth-order valence-corrected chi connectivity index (χ4v) is 0.662. The molecule has 0 aliphatic carbocycles. The van der Waals surface area contributed by atoms with Crippen LogP contribution in [0.3, 0.4) is 0 Å². The summed E-state index contributed by atoms with van der Waals surface area (Å²) in [5.41, 5.74) is 4.69. The van der Waals surface area contributed by atoms with E-state index in [4.69, 9.17) is 10.8 Å². The van der Waals surface area contributed by atoms with Crippen LogP contribution in [0, 0.1) is 0 Å². The molecule has 0 aliphatic rings. The molecule has 0 saturated heterocycles. The first-order valence-corrected chi connectivity index (χ1v) is 3.40. The summed E-state index contributed by atoms with van der Waals surface area (Å²) in [5, 5.41) is 10.8. The predicted molar refractivity (Wildman–Crippen MR) is 40.2 cm³/mol. The Morgan fingerprint density at radius 3 is 2.58 bits per heavy atom. The number of nitrogens with two attached hydrogens (primary N) is 1. The van der Waals surface area contributed by atoms with E-state index in [0.717, 1.165) is 0 Å². The number of nitrogens with one attached hydrogen (secondary N) is 1. The normalized spacial score (nSPS) is 11.8. The Morgan fingerprint density at radius 1 is 1.67 bits per heavy atom. The first-order chi connectivity index (χ1) is 5.61. The molecule has 0 aromatic heterocycles. The molecule has 0 aliphatic heterocycles. The van der Waals surface area contributed by atoms with Crippen molar-refractivity contribution in [2.45, 2.75) is 12.5 Å². The number of hydrogen-bond donors (Lipinski definition) is 3. The molecule has 0 saturated carbocycles. The second kappa shape index (κ2) is 5.36. The van der Waals surface area contributed by atoms with Crippen molar-refractivity contribution in [2.75, 3.05) is 13.7 Å². The number of aliphatic hydroxyl groups excluding tert-OH is 1. The van der Waals surface area contributed by atoms with Crippen molar-refractivity contribution in [1.82, 2.24) is 5.32 Å². The lowest BCUT2D eigenvalue weighted by Crippen LogP contribution is -2.37. The van der Waals surface area contributed by atoms with E-state index in [9.17, 15) is 9.59 Å². The van der Waals surface area contributed by atoms with Gasteiger partial charge in [-0.3, -0.25) is 4.79 Å². The molecule has 0 spiro atoms. The predicted octanol–water partition coefficient (Wildman–Crippen LogP) is -1.42. The topological polar surface area (TPSA) is 102 Å². The molecule has 70 valence electrons. The molecule has 0 bridgehead atoms. The third-order valence-electron chi connectivity index (χ3n) is 1.19. The van der Waals surface area contributed by atoms with Crippen molar-refractivity contribution in [3.8, 4) is 0 Å². The van der Waals surface area contributed by atoms with Gasteiger partial charge < -0.3 is 20.9 Å². The van der Waals surface area contributed by atoms with Gasteiger partial charge in [-0.25, -0.2) is 4.79 Å². The standard InChI is InChI=1S/C6H12N2O4/c1-8-5(10)4(2-3-9)12-6(7)11/h4,9H,2-3H2,1H3,(H2,7,11)(H,8,10). The van der Waals surface area contributed by atoms with E-state index >= 15 is 0 Å².